The highest BCUT2D eigenvalue weighted by Gasteiger charge is 2.39. The van der Waals surface area contributed by atoms with Crippen LogP contribution >= 0.6 is 7.82 Å². The molecule has 1 aliphatic rings. The van der Waals surface area contributed by atoms with Crippen molar-refractivity contribution in [1.29, 1.82) is 0 Å². The summed E-state index contributed by atoms with van der Waals surface area (Å²) in [4.78, 5) is 17.0. The normalized spacial score (nSPS) is 37.9. The molecule has 1 heterocycles. The fourth-order valence-corrected chi connectivity index (χ4v) is 1.73. The van der Waals surface area contributed by atoms with Gasteiger partial charge in [-0.3, -0.25) is 4.52 Å². The van der Waals surface area contributed by atoms with Gasteiger partial charge in [-0.15, -0.1) is 0 Å². The van der Waals surface area contributed by atoms with E-state index < -0.39 is 39.0 Å². The molecule has 1 saturated heterocycles. The lowest BCUT2D eigenvalue weighted by molar-refractivity contribution is -0.233. The van der Waals surface area contributed by atoms with Crippen molar-refractivity contribution in [2.75, 3.05) is 6.61 Å². The Morgan fingerprint density at radius 3 is 2.47 bits per heavy atom. The van der Waals surface area contributed by atoms with Crippen molar-refractivity contribution in [1.82, 2.24) is 0 Å². The van der Waals surface area contributed by atoms with E-state index in [9.17, 15) is 14.8 Å². The molecule has 0 aromatic carbocycles. The van der Waals surface area contributed by atoms with E-state index in [1.165, 1.54) is 0 Å². The van der Waals surface area contributed by atoms with Gasteiger partial charge in [-0.1, -0.05) is 0 Å². The topological polar surface area (TPSA) is 137 Å². The molecule has 0 bridgehead atoms. The lowest BCUT2D eigenvalue weighted by Gasteiger charge is -2.35. The average Bonchev–Trinajstić information content (AvgIpc) is 2.08. The standard InChI is InChI=1S/C6H13O8P/c7-2-4-6(9)3(8)1-5(13-4)14-15(10,11)12/h3-9H,1-2H2,(H2,10,11,12)/t3-,4-,5?,6-/m1/s1. The Bertz CT molecular complexity index is 252. The van der Waals surface area contributed by atoms with E-state index in [2.05, 4.69) is 4.52 Å². The van der Waals surface area contributed by atoms with E-state index in [4.69, 9.17) is 19.6 Å². The van der Waals surface area contributed by atoms with Gasteiger partial charge in [-0.05, 0) is 0 Å². The number of aliphatic hydroxyl groups excluding tert-OH is 3. The molecule has 15 heavy (non-hydrogen) atoms. The second-order valence-corrected chi connectivity index (χ2v) is 4.37. The number of hydrogen-bond donors (Lipinski definition) is 5. The summed E-state index contributed by atoms with van der Waals surface area (Å²) in [5.74, 6) is 0. The number of phosphoric acid groups is 1. The molecule has 0 saturated carbocycles. The van der Waals surface area contributed by atoms with Crippen LogP contribution < -0.4 is 0 Å². The molecular weight excluding hydrogens is 231 g/mol. The van der Waals surface area contributed by atoms with Crippen LogP contribution in [0.4, 0.5) is 0 Å². The molecule has 5 N–H and O–H groups in total. The van der Waals surface area contributed by atoms with Crippen LogP contribution in [0.25, 0.3) is 0 Å². The predicted octanol–water partition coefficient (Wildman–Crippen LogP) is -2.08. The SMILES string of the molecule is O=P(O)(O)OC1C[C@@H](O)[C@@H](O)[C@@H](CO)O1. The summed E-state index contributed by atoms with van der Waals surface area (Å²) in [7, 11) is -4.72. The minimum atomic E-state index is -4.72. The number of phosphoric ester groups is 1. The highest BCUT2D eigenvalue weighted by molar-refractivity contribution is 7.46. The molecule has 0 aromatic heterocycles. The largest absolute Gasteiger partial charge is 0.471 e. The molecule has 1 fully saturated rings. The first-order valence-corrected chi connectivity index (χ1v) is 5.73. The zero-order valence-electron chi connectivity index (χ0n) is 7.63. The van der Waals surface area contributed by atoms with E-state index >= 15 is 0 Å². The molecule has 0 radical (unpaired) electrons. The van der Waals surface area contributed by atoms with Crippen LogP contribution in [0.5, 0.6) is 0 Å². The van der Waals surface area contributed by atoms with Crippen molar-refractivity contribution in [3.8, 4) is 0 Å². The second-order valence-electron chi connectivity index (χ2n) is 3.18. The molecule has 1 unspecified atom stereocenters. The van der Waals surface area contributed by atoms with Crippen molar-refractivity contribution >= 4 is 7.82 Å². The first-order valence-electron chi connectivity index (χ1n) is 4.20. The highest BCUT2D eigenvalue weighted by atomic mass is 31.2. The van der Waals surface area contributed by atoms with E-state index in [0.29, 0.717) is 0 Å². The molecule has 9 heteroatoms. The quantitative estimate of drug-likeness (QED) is 0.357. The summed E-state index contributed by atoms with van der Waals surface area (Å²) in [5.41, 5.74) is 0. The molecule has 8 nitrogen and oxygen atoms in total. The number of ether oxygens (including phenoxy) is 1. The summed E-state index contributed by atoms with van der Waals surface area (Å²) >= 11 is 0. The third-order valence-electron chi connectivity index (χ3n) is 1.97. The van der Waals surface area contributed by atoms with Gasteiger partial charge >= 0.3 is 7.82 Å². The van der Waals surface area contributed by atoms with Gasteiger partial charge in [-0.25, -0.2) is 4.57 Å². The fraction of sp³-hybridized carbons (Fsp3) is 1.00. The lowest BCUT2D eigenvalue weighted by Crippen LogP contribution is -2.50. The lowest BCUT2D eigenvalue weighted by atomic mass is 10.0. The molecule has 90 valence electrons. The molecule has 4 atom stereocenters. The Hall–Kier alpha value is -0.0500. The van der Waals surface area contributed by atoms with E-state index in [-0.39, 0.29) is 6.42 Å². The summed E-state index contributed by atoms with van der Waals surface area (Å²) in [6.07, 6.45) is -5.30. The van der Waals surface area contributed by atoms with Gasteiger partial charge in [0.25, 0.3) is 0 Å². The minimum Gasteiger partial charge on any atom is -0.394 e. The number of aliphatic hydroxyl groups is 3. The predicted molar refractivity (Wildman–Crippen MR) is 45.5 cm³/mol. The summed E-state index contributed by atoms with van der Waals surface area (Å²) in [5, 5.41) is 27.3. The van der Waals surface area contributed by atoms with Crippen molar-refractivity contribution in [2.24, 2.45) is 0 Å². The first-order chi connectivity index (χ1) is 6.83. The Kier molecular flexibility index (Phi) is 4.21. The van der Waals surface area contributed by atoms with Crippen LogP contribution in [0.2, 0.25) is 0 Å². The molecule has 0 aromatic rings. The van der Waals surface area contributed by atoms with Crippen molar-refractivity contribution in [2.45, 2.75) is 31.0 Å². The third kappa shape index (κ3) is 3.78. The fourth-order valence-electron chi connectivity index (χ4n) is 1.29. The first kappa shape index (κ1) is 13.0. The third-order valence-corrected chi connectivity index (χ3v) is 2.48. The monoisotopic (exact) mass is 244 g/mol. The summed E-state index contributed by atoms with van der Waals surface area (Å²) < 4.78 is 19.5. The van der Waals surface area contributed by atoms with Gasteiger partial charge in [0.15, 0.2) is 6.29 Å². The van der Waals surface area contributed by atoms with Crippen LogP contribution in [0, 0.1) is 0 Å². The van der Waals surface area contributed by atoms with Crippen LogP contribution in [0.1, 0.15) is 6.42 Å². The Morgan fingerprint density at radius 1 is 1.40 bits per heavy atom. The van der Waals surface area contributed by atoms with Crippen LogP contribution in [-0.4, -0.2) is 56.3 Å². The number of hydrogen-bond acceptors (Lipinski definition) is 6. The second kappa shape index (κ2) is 4.86. The summed E-state index contributed by atoms with van der Waals surface area (Å²) in [6.45, 7) is -0.584. The molecule has 1 rings (SSSR count). The van der Waals surface area contributed by atoms with Crippen molar-refractivity contribution in [3.05, 3.63) is 0 Å². The molecule has 0 amide bonds. The van der Waals surface area contributed by atoms with Crippen molar-refractivity contribution < 1.29 is 38.9 Å². The molecular formula is C6H13O8P. The number of rotatable bonds is 3. The van der Waals surface area contributed by atoms with Gasteiger partial charge in [0, 0.05) is 6.42 Å². The maximum Gasteiger partial charge on any atom is 0.471 e. The highest BCUT2D eigenvalue weighted by Crippen LogP contribution is 2.40. The van der Waals surface area contributed by atoms with E-state index in [0.717, 1.165) is 0 Å². The maximum atomic E-state index is 10.5. The van der Waals surface area contributed by atoms with Gasteiger partial charge in [-0.2, -0.15) is 0 Å². The average molecular weight is 244 g/mol. The van der Waals surface area contributed by atoms with Gasteiger partial charge in [0.1, 0.15) is 12.2 Å². The van der Waals surface area contributed by atoms with Crippen LogP contribution in [0.15, 0.2) is 0 Å². The minimum absolute atomic E-state index is 0.275. The Labute approximate surface area is 85.3 Å². The molecule has 0 aliphatic carbocycles. The van der Waals surface area contributed by atoms with Crippen LogP contribution in [-0.2, 0) is 13.8 Å². The maximum absolute atomic E-state index is 10.5. The zero-order valence-corrected chi connectivity index (χ0v) is 8.53. The molecule has 1 aliphatic heterocycles. The van der Waals surface area contributed by atoms with E-state index in [1.807, 2.05) is 0 Å². The smallest absolute Gasteiger partial charge is 0.394 e. The van der Waals surface area contributed by atoms with E-state index in [1.54, 1.807) is 0 Å². The Balaban J connectivity index is 2.59. The van der Waals surface area contributed by atoms with Gasteiger partial charge in [0.2, 0.25) is 0 Å². The van der Waals surface area contributed by atoms with Gasteiger partial charge < -0.3 is 29.8 Å². The van der Waals surface area contributed by atoms with Gasteiger partial charge in [0.05, 0.1) is 12.7 Å². The zero-order chi connectivity index (χ0) is 11.6. The molecule has 0 spiro atoms. The van der Waals surface area contributed by atoms with Crippen molar-refractivity contribution in [3.63, 3.8) is 0 Å². The summed E-state index contributed by atoms with van der Waals surface area (Å²) in [6, 6.07) is 0. The van der Waals surface area contributed by atoms with Crippen LogP contribution in [0.3, 0.4) is 0 Å². The Morgan fingerprint density at radius 2 is 2.00 bits per heavy atom.